The Balaban J connectivity index is 0.00000161. The lowest BCUT2D eigenvalue weighted by molar-refractivity contribution is -0.135. The Kier molecular flexibility index (Phi) is 5.18. The molecule has 112 valence electrons. The largest absolute Gasteiger partial charge is 0.331 e. The molecule has 0 bridgehead atoms. The number of tetrazole rings is 1. The zero-order valence-corrected chi connectivity index (χ0v) is 12.1. The highest BCUT2D eigenvalue weighted by Crippen LogP contribution is 2.21. The number of pyridine rings is 1. The average Bonchev–Trinajstić information content (AvgIpc) is 3.01. The summed E-state index contributed by atoms with van der Waals surface area (Å²) < 4.78 is 1.44. The Morgan fingerprint density at radius 1 is 1.48 bits per heavy atom. The summed E-state index contributed by atoms with van der Waals surface area (Å²) in [6, 6.07) is 3.87. The van der Waals surface area contributed by atoms with Crippen LogP contribution in [0.25, 0.3) is 0 Å². The van der Waals surface area contributed by atoms with Crippen LogP contribution in [0, 0.1) is 0 Å². The SMILES string of the molecule is Cl.O=C(Cn1cnnn1)N1CCNCC1c1cccnc1. The number of halogens is 1. The van der Waals surface area contributed by atoms with E-state index in [2.05, 4.69) is 25.8 Å². The van der Waals surface area contributed by atoms with Crippen LogP contribution in [0.5, 0.6) is 0 Å². The third-order valence-corrected chi connectivity index (χ3v) is 3.32. The van der Waals surface area contributed by atoms with Crippen molar-refractivity contribution in [2.24, 2.45) is 0 Å². The van der Waals surface area contributed by atoms with Gasteiger partial charge in [-0.05, 0) is 22.1 Å². The van der Waals surface area contributed by atoms with Gasteiger partial charge in [-0.15, -0.1) is 17.5 Å². The predicted octanol–water partition coefficient (Wildman–Crippen LogP) is -0.337. The fourth-order valence-electron chi connectivity index (χ4n) is 2.36. The number of carbonyl (C=O) groups is 1. The van der Waals surface area contributed by atoms with Crippen LogP contribution >= 0.6 is 12.4 Å². The maximum atomic E-state index is 12.4. The summed E-state index contributed by atoms with van der Waals surface area (Å²) in [5, 5.41) is 14.1. The van der Waals surface area contributed by atoms with Gasteiger partial charge in [0.25, 0.3) is 0 Å². The van der Waals surface area contributed by atoms with Gasteiger partial charge in [0.15, 0.2) is 0 Å². The van der Waals surface area contributed by atoms with E-state index in [1.54, 1.807) is 12.4 Å². The van der Waals surface area contributed by atoms with Crippen LogP contribution in [0.1, 0.15) is 11.6 Å². The maximum Gasteiger partial charge on any atom is 0.245 e. The quantitative estimate of drug-likeness (QED) is 0.834. The lowest BCUT2D eigenvalue weighted by Crippen LogP contribution is -2.49. The van der Waals surface area contributed by atoms with E-state index in [0.717, 1.165) is 18.7 Å². The number of hydrogen-bond donors (Lipinski definition) is 1. The summed E-state index contributed by atoms with van der Waals surface area (Å²) in [6.07, 6.45) is 4.97. The highest BCUT2D eigenvalue weighted by molar-refractivity contribution is 5.85. The molecule has 1 atom stereocenters. The van der Waals surface area contributed by atoms with Crippen molar-refractivity contribution in [3.8, 4) is 0 Å². The minimum atomic E-state index is 0. The fourth-order valence-corrected chi connectivity index (χ4v) is 2.36. The zero-order valence-electron chi connectivity index (χ0n) is 11.3. The first kappa shape index (κ1) is 15.3. The Labute approximate surface area is 127 Å². The molecule has 0 saturated carbocycles. The molecule has 1 saturated heterocycles. The van der Waals surface area contributed by atoms with E-state index in [0.29, 0.717) is 6.54 Å². The number of rotatable bonds is 3. The Morgan fingerprint density at radius 2 is 2.38 bits per heavy atom. The van der Waals surface area contributed by atoms with E-state index in [4.69, 9.17) is 0 Å². The van der Waals surface area contributed by atoms with Crippen molar-refractivity contribution < 1.29 is 4.79 Å². The minimum absolute atomic E-state index is 0. The van der Waals surface area contributed by atoms with Gasteiger partial charge in [-0.3, -0.25) is 9.78 Å². The van der Waals surface area contributed by atoms with Crippen molar-refractivity contribution in [3.05, 3.63) is 36.4 Å². The third-order valence-electron chi connectivity index (χ3n) is 3.32. The molecule has 3 heterocycles. The molecule has 1 aliphatic rings. The van der Waals surface area contributed by atoms with Crippen molar-refractivity contribution in [2.75, 3.05) is 19.6 Å². The van der Waals surface area contributed by atoms with E-state index in [9.17, 15) is 4.79 Å². The van der Waals surface area contributed by atoms with Crippen LogP contribution in [-0.4, -0.2) is 55.6 Å². The van der Waals surface area contributed by atoms with Crippen molar-refractivity contribution in [1.82, 2.24) is 35.4 Å². The van der Waals surface area contributed by atoms with Crippen molar-refractivity contribution in [2.45, 2.75) is 12.6 Å². The normalized spacial score (nSPS) is 18.1. The average molecular weight is 310 g/mol. The molecule has 1 fully saturated rings. The van der Waals surface area contributed by atoms with E-state index in [-0.39, 0.29) is 30.9 Å². The summed E-state index contributed by atoms with van der Waals surface area (Å²) in [5.74, 6) is 0.00709. The van der Waals surface area contributed by atoms with Crippen LogP contribution in [0.2, 0.25) is 0 Å². The van der Waals surface area contributed by atoms with Gasteiger partial charge in [0, 0.05) is 32.0 Å². The standard InChI is InChI=1S/C12H15N7O.ClH/c20-12(8-18-9-15-16-17-18)19-5-4-14-7-11(19)10-2-1-3-13-6-10;/h1-3,6,9,11,14H,4-5,7-8H2;1H. The summed E-state index contributed by atoms with van der Waals surface area (Å²) in [7, 11) is 0. The van der Waals surface area contributed by atoms with Gasteiger partial charge in [-0.1, -0.05) is 6.07 Å². The Morgan fingerprint density at radius 3 is 3.10 bits per heavy atom. The second kappa shape index (κ2) is 7.09. The molecule has 3 rings (SSSR count). The molecule has 0 aliphatic carbocycles. The second-order valence-electron chi connectivity index (χ2n) is 4.60. The van der Waals surface area contributed by atoms with E-state index in [1.165, 1.54) is 11.0 Å². The van der Waals surface area contributed by atoms with Gasteiger partial charge in [-0.25, -0.2) is 4.68 Å². The zero-order chi connectivity index (χ0) is 13.8. The molecule has 1 unspecified atom stereocenters. The van der Waals surface area contributed by atoms with Gasteiger partial charge in [-0.2, -0.15) is 0 Å². The molecule has 21 heavy (non-hydrogen) atoms. The molecular formula is C12H16ClN7O. The first-order chi connectivity index (χ1) is 9.84. The van der Waals surface area contributed by atoms with Crippen molar-refractivity contribution in [3.63, 3.8) is 0 Å². The van der Waals surface area contributed by atoms with Gasteiger partial charge in [0.1, 0.15) is 12.9 Å². The molecule has 0 aromatic carbocycles. The highest BCUT2D eigenvalue weighted by atomic mass is 35.5. The molecule has 1 aliphatic heterocycles. The monoisotopic (exact) mass is 309 g/mol. The summed E-state index contributed by atoms with van der Waals surface area (Å²) >= 11 is 0. The minimum Gasteiger partial charge on any atom is -0.331 e. The molecule has 1 N–H and O–H groups in total. The number of amides is 1. The van der Waals surface area contributed by atoms with E-state index >= 15 is 0 Å². The highest BCUT2D eigenvalue weighted by Gasteiger charge is 2.28. The number of hydrogen-bond acceptors (Lipinski definition) is 6. The first-order valence-electron chi connectivity index (χ1n) is 6.45. The molecule has 1 amide bonds. The first-order valence-corrected chi connectivity index (χ1v) is 6.45. The van der Waals surface area contributed by atoms with Crippen molar-refractivity contribution in [1.29, 1.82) is 0 Å². The molecule has 8 nitrogen and oxygen atoms in total. The van der Waals surface area contributed by atoms with Crippen LogP contribution < -0.4 is 5.32 Å². The number of aromatic nitrogens is 5. The van der Waals surface area contributed by atoms with Gasteiger partial charge < -0.3 is 10.2 Å². The number of nitrogens with zero attached hydrogens (tertiary/aromatic N) is 6. The second-order valence-corrected chi connectivity index (χ2v) is 4.60. The predicted molar refractivity (Wildman–Crippen MR) is 76.6 cm³/mol. The fraction of sp³-hybridized carbons (Fsp3) is 0.417. The lowest BCUT2D eigenvalue weighted by Gasteiger charge is -2.36. The van der Waals surface area contributed by atoms with E-state index < -0.39 is 0 Å². The molecule has 2 aromatic heterocycles. The lowest BCUT2D eigenvalue weighted by atomic mass is 10.1. The van der Waals surface area contributed by atoms with Crippen molar-refractivity contribution >= 4 is 18.3 Å². The summed E-state index contributed by atoms with van der Waals surface area (Å²) in [6.45, 7) is 2.34. The molecule has 0 spiro atoms. The number of carbonyl (C=O) groups excluding carboxylic acids is 1. The van der Waals surface area contributed by atoms with Gasteiger partial charge >= 0.3 is 0 Å². The Bertz CT molecular complexity index is 562. The molecular weight excluding hydrogens is 294 g/mol. The number of nitrogens with one attached hydrogen (secondary N) is 1. The molecule has 0 radical (unpaired) electrons. The van der Waals surface area contributed by atoms with Crippen LogP contribution in [-0.2, 0) is 11.3 Å². The van der Waals surface area contributed by atoms with Crippen LogP contribution in [0.3, 0.4) is 0 Å². The van der Waals surface area contributed by atoms with Gasteiger partial charge in [0.2, 0.25) is 5.91 Å². The smallest absolute Gasteiger partial charge is 0.245 e. The summed E-state index contributed by atoms with van der Waals surface area (Å²) in [4.78, 5) is 18.4. The summed E-state index contributed by atoms with van der Waals surface area (Å²) in [5.41, 5.74) is 1.03. The Hall–Kier alpha value is -2.06. The van der Waals surface area contributed by atoms with Crippen LogP contribution in [0.15, 0.2) is 30.9 Å². The molecule has 9 heteroatoms. The van der Waals surface area contributed by atoms with E-state index in [1.807, 2.05) is 17.0 Å². The maximum absolute atomic E-state index is 12.4. The van der Waals surface area contributed by atoms with Crippen LogP contribution in [0.4, 0.5) is 0 Å². The number of piperazine rings is 1. The third kappa shape index (κ3) is 3.53. The topological polar surface area (TPSA) is 88.8 Å². The molecule has 2 aromatic rings. The van der Waals surface area contributed by atoms with Gasteiger partial charge in [0.05, 0.1) is 6.04 Å².